The standard InChI is InChI=1S/C24H15ClN4O3/c25-19-10-4-5-11-20(19)27-22(30)16(15-26)14-18-23(32-17-8-2-1-3-9-17)28-21-12-6-7-13-29(21)24(18)31/h1-14H,(H,27,30)/b16-14-. The van der Waals surface area contributed by atoms with Gasteiger partial charge in [-0.2, -0.15) is 10.2 Å². The van der Waals surface area contributed by atoms with Crippen molar-refractivity contribution in [3.8, 4) is 17.7 Å². The molecule has 0 saturated carbocycles. The van der Waals surface area contributed by atoms with Crippen molar-refractivity contribution in [2.24, 2.45) is 0 Å². The summed E-state index contributed by atoms with van der Waals surface area (Å²) in [5.41, 5.74) is -0.130. The summed E-state index contributed by atoms with van der Waals surface area (Å²) in [5.74, 6) is -0.289. The van der Waals surface area contributed by atoms with E-state index in [0.717, 1.165) is 0 Å². The zero-order chi connectivity index (χ0) is 22.5. The van der Waals surface area contributed by atoms with E-state index in [2.05, 4.69) is 10.3 Å². The number of amides is 1. The van der Waals surface area contributed by atoms with Gasteiger partial charge in [0, 0.05) is 6.20 Å². The normalized spacial score (nSPS) is 11.1. The molecule has 4 aromatic rings. The van der Waals surface area contributed by atoms with Gasteiger partial charge in [-0.05, 0) is 42.5 Å². The highest BCUT2D eigenvalue weighted by Crippen LogP contribution is 2.25. The van der Waals surface area contributed by atoms with Crippen LogP contribution in [0.2, 0.25) is 5.02 Å². The molecular formula is C24H15ClN4O3. The molecule has 0 aliphatic carbocycles. The molecular weight excluding hydrogens is 428 g/mol. The van der Waals surface area contributed by atoms with Gasteiger partial charge in [-0.15, -0.1) is 0 Å². The topological polar surface area (TPSA) is 96.5 Å². The molecule has 0 bridgehead atoms. The molecule has 0 aliphatic heterocycles. The average Bonchev–Trinajstić information content (AvgIpc) is 2.81. The molecule has 0 spiro atoms. The molecule has 0 radical (unpaired) electrons. The number of halogens is 1. The van der Waals surface area contributed by atoms with Gasteiger partial charge in [-0.25, -0.2) is 0 Å². The fraction of sp³-hybridized carbons (Fsp3) is 0. The lowest BCUT2D eigenvalue weighted by atomic mass is 10.1. The number of aromatic nitrogens is 2. The van der Waals surface area contributed by atoms with E-state index in [-0.39, 0.29) is 17.0 Å². The third-order valence-corrected chi connectivity index (χ3v) is 4.80. The summed E-state index contributed by atoms with van der Waals surface area (Å²) >= 11 is 6.08. The number of carbonyl (C=O) groups is 1. The lowest BCUT2D eigenvalue weighted by Gasteiger charge is -2.10. The molecule has 156 valence electrons. The van der Waals surface area contributed by atoms with Crippen LogP contribution in [0.1, 0.15) is 5.56 Å². The van der Waals surface area contributed by atoms with E-state index in [0.29, 0.717) is 22.1 Å². The van der Waals surface area contributed by atoms with Crippen LogP contribution in [0.25, 0.3) is 11.7 Å². The van der Waals surface area contributed by atoms with Crippen LogP contribution in [0.15, 0.2) is 89.4 Å². The Balaban J connectivity index is 1.81. The highest BCUT2D eigenvalue weighted by molar-refractivity contribution is 6.34. The maximum atomic E-state index is 13.2. The molecule has 0 atom stereocenters. The number of para-hydroxylation sites is 2. The minimum absolute atomic E-state index is 0.0225. The molecule has 4 rings (SSSR count). The lowest BCUT2D eigenvalue weighted by Crippen LogP contribution is -2.20. The zero-order valence-corrected chi connectivity index (χ0v) is 17.3. The van der Waals surface area contributed by atoms with E-state index in [4.69, 9.17) is 16.3 Å². The predicted octanol–water partition coefficient (Wildman–Crippen LogP) is 4.69. The number of ether oxygens (including phenoxy) is 1. The number of nitrogens with zero attached hydrogens (tertiary/aromatic N) is 3. The fourth-order valence-corrected chi connectivity index (χ4v) is 3.11. The quantitative estimate of drug-likeness (QED) is 0.357. The molecule has 8 heteroatoms. The second-order valence-electron chi connectivity index (χ2n) is 6.58. The van der Waals surface area contributed by atoms with Crippen LogP contribution in [0, 0.1) is 11.3 Å². The van der Waals surface area contributed by atoms with Crippen molar-refractivity contribution in [1.29, 1.82) is 5.26 Å². The van der Waals surface area contributed by atoms with Crippen LogP contribution in [0.3, 0.4) is 0 Å². The van der Waals surface area contributed by atoms with Crippen molar-refractivity contribution >= 4 is 34.9 Å². The van der Waals surface area contributed by atoms with Crippen LogP contribution >= 0.6 is 11.6 Å². The first-order valence-electron chi connectivity index (χ1n) is 9.49. The van der Waals surface area contributed by atoms with Gasteiger partial charge in [0.05, 0.1) is 10.7 Å². The zero-order valence-electron chi connectivity index (χ0n) is 16.5. The molecule has 0 aliphatic rings. The van der Waals surface area contributed by atoms with Crippen molar-refractivity contribution in [2.45, 2.75) is 0 Å². The van der Waals surface area contributed by atoms with Gasteiger partial charge >= 0.3 is 0 Å². The fourth-order valence-electron chi connectivity index (χ4n) is 2.93. The molecule has 0 saturated heterocycles. The molecule has 7 nitrogen and oxygen atoms in total. The third-order valence-electron chi connectivity index (χ3n) is 4.47. The highest BCUT2D eigenvalue weighted by Gasteiger charge is 2.18. The molecule has 1 amide bonds. The Morgan fingerprint density at radius 2 is 1.78 bits per heavy atom. The molecule has 2 aromatic carbocycles. The van der Waals surface area contributed by atoms with Crippen molar-refractivity contribution in [3.05, 3.63) is 106 Å². The molecule has 2 aromatic heterocycles. The van der Waals surface area contributed by atoms with Crippen LogP contribution in [0.4, 0.5) is 5.69 Å². The summed E-state index contributed by atoms with van der Waals surface area (Å²) in [4.78, 5) is 30.3. The molecule has 2 heterocycles. The van der Waals surface area contributed by atoms with Crippen molar-refractivity contribution < 1.29 is 9.53 Å². The minimum atomic E-state index is -0.719. The van der Waals surface area contributed by atoms with Gasteiger partial charge in [0.1, 0.15) is 28.6 Å². The Morgan fingerprint density at radius 1 is 1.06 bits per heavy atom. The first-order chi connectivity index (χ1) is 15.6. The predicted molar refractivity (Wildman–Crippen MR) is 122 cm³/mol. The Labute approximate surface area is 187 Å². The number of hydrogen-bond acceptors (Lipinski definition) is 5. The van der Waals surface area contributed by atoms with Crippen LogP contribution in [0.5, 0.6) is 11.6 Å². The highest BCUT2D eigenvalue weighted by atomic mass is 35.5. The smallest absolute Gasteiger partial charge is 0.269 e. The number of rotatable bonds is 5. The molecule has 0 unspecified atom stereocenters. The largest absolute Gasteiger partial charge is 0.438 e. The Bertz CT molecular complexity index is 1440. The van der Waals surface area contributed by atoms with E-state index in [9.17, 15) is 14.9 Å². The third kappa shape index (κ3) is 4.36. The lowest BCUT2D eigenvalue weighted by molar-refractivity contribution is -0.112. The van der Waals surface area contributed by atoms with Gasteiger partial charge in [0.25, 0.3) is 11.5 Å². The first kappa shape index (κ1) is 20.8. The summed E-state index contributed by atoms with van der Waals surface area (Å²) in [6.45, 7) is 0. The number of pyridine rings is 1. The van der Waals surface area contributed by atoms with Crippen LogP contribution < -0.4 is 15.6 Å². The van der Waals surface area contributed by atoms with Gasteiger partial charge in [-0.3, -0.25) is 14.0 Å². The first-order valence-corrected chi connectivity index (χ1v) is 9.86. The Kier molecular flexibility index (Phi) is 5.97. The van der Waals surface area contributed by atoms with Gasteiger partial charge in [-0.1, -0.05) is 48.0 Å². The minimum Gasteiger partial charge on any atom is -0.438 e. The summed E-state index contributed by atoms with van der Waals surface area (Å²) in [6, 6.07) is 22.3. The van der Waals surface area contributed by atoms with E-state index >= 15 is 0 Å². The van der Waals surface area contributed by atoms with E-state index in [1.165, 1.54) is 10.5 Å². The van der Waals surface area contributed by atoms with E-state index < -0.39 is 11.5 Å². The van der Waals surface area contributed by atoms with E-state index in [1.54, 1.807) is 72.9 Å². The molecule has 32 heavy (non-hydrogen) atoms. The number of benzene rings is 2. The number of carbonyl (C=O) groups excluding carboxylic acids is 1. The van der Waals surface area contributed by atoms with Gasteiger partial charge < -0.3 is 10.1 Å². The Morgan fingerprint density at radius 3 is 2.53 bits per heavy atom. The van der Waals surface area contributed by atoms with Crippen molar-refractivity contribution in [2.75, 3.05) is 5.32 Å². The molecule has 0 fully saturated rings. The Hall–Kier alpha value is -4.41. The van der Waals surface area contributed by atoms with Crippen LogP contribution in [-0.4, -0.2) is 15.3 Å². The average molecular weight is 443 g/mol. The van der Waals surface area contributed by atoms with E-state index in [1.807, 2.05) is 12.1 Å². The summed E-state index contributed by atoms with van der Waals surface area (Å²) in [5, 5.41) is 12.5. The summed E-state index contributed by atoms with van der Waals surface area (Å²) < 4.78 is 7.14. The number of nitrogens with one attached hydrogen (secondary N) is 1. The molecule has 1 N–H and O–H groups in total. The number of nitriles is 1. The second kappa shape index (κ2) is 9.16. The number of anilines is 1. The van der Waals surface area contributed by atoms with Gasteiger partial charge in [0.15, 0.2) is 0 Å². The number of fused-ring (bicyclic) bond motifs is 1. The SMILES string of the molecule is N#C/C(=C/c1c(Oc2ccccc2)nc2ccccn2c1=O)C(=O)Nc1ccccc1Cl. The number of hydrogen-bond donors (Lipinski definition) is 1. The maximum Gasteiger partial charge on any atom is 0.269 e. The van der Waals surface area contributed by atoms with Crippen molar-refractivity contribution in [1.82, 2.24) is 9.38 Å². The monoisotopic (exact) mass is 442 g/mol. The summed E-state index contributed by atoms with van der Waals surface area (Å²) in [6.07, 6.45) is 2.71. The summed E-state index contributed by atoms with van der Waals surface area (Å²) in [7, 11) is 0. The van der Waals surface area contributed by atoms with Gasteiger partial charge in [0.2, 0.25) is 5.88 Å². The maximum absolute atomic E-state index is 13.2. The van der Waals surface area contributed by atoms with Crippen LogP contribution in [-0.2, 0) is 4.79 Å². The van der Waals surface area contributed by atoms with Crippen molar-refractivity contribution in [3.63, 3.8) is 0 Å². The second-order valence-corrected chi connectivity index (χ2v) is 6.99.